The van der Waals surface area contributed by atoms with Crippen LogP contribution in [0.1, 0.15) is 11.9 Å². The number of hydrogen-bond acceptors (Lipinski definition) is 6. The fraction of sp³-hybridized carbons (Fsp3) is 0.438. The van der Waals surface area contributed by atoms with Crippen molar-refractivity contribution in [2.45, 2.75) is 6.04 Å². The van der Waals surface area contributed by atoms with Gasteiger partial charge in [-0.1, -0.05) is 12.1 Å². The number of ether oxygens (including phenoxy) is 1. The van der Waals surface area contributed by atoms with Crippen molar-refractivity contribution in [2.75, 3.05) is 32.8 Å². The Morgan fingerprint density at radius 1 is 1.44 bits per heavy atom. The Kier molecular flexibility index (Phi) is 6.74. The number of imidazole rings is 1. The SMILES string of the molecule is Cl.Cn1ccnc1C1CNCCN1CCOc1ccccc1[N+](=O)[O-]. The van der Waals surface area contributed by atoms with Gasteiger partial charge in [0, 0.05) is 51.7 Å². The average Bonchev–Trinajstić information content (AvgIpc) is 3.01. The molecule has 1 aliphatic rings. The van der Waals surface area contributed by atoms with Gasteiger partial charge in [-0.3, -0.25) is 15.0 Å². The molecule has 1 N–H and O–H groups in total. The van der Waals surface area contributed by atoms with Crippen LogP contribution in [0.2, 0.25) is 0 Å². The summed E-state index contributed by atoms with van der Waals surface area (Å²) in [7, 11) is 1.99. The summed E-state index contributed by atoms with van der Waals surface area (Å²) in [6, 6.07) is 6.64. The molecule has 1 saturated heterocycles. The highest BCUT2D eigenvalue weighted by atomic mass is 35.5. The fourth-order valence-corrected chi connectivity index (χ4v) is 2.97. The normalized spacial score (nSPS) is 17.7. The van der Waals surface area contributed by atoms with E-state index in [9.17, 15) is 10.1 Å². The number of piperazine rings is 1. The van der Waals surface area contributed by atoms with Crippen LogP contribution in [-0.4, -0.2) is 52.2 Å². The van der Waals surface area contributed by atoms with Crippen molar-refractivity contribution < 1.29 is 9.66 Å². The molecule has 1 aromatic heterocycles. The largest absolute Gasteiger partial charge is 0.485 e. The van der Waals surface area contributed by atoms with Gasteiger partial charge in [-0.25, -0.2) is 4.98 Å². The van der Waals surface area contributed by atoms with E-state index < -0.39 is 4.92 Å². The minimum absolute atomic E-state index is 0. The van der Waals surface area contributed by atoms with E-state index in [1.807, 2.05) is 17.8 Å². The molecule has 2 aromatic rings. The maximum atomic E-state index is 11.0. The number of aromatic nitrogens is 2. The number of aryl methyl sites for hydroxylation is 1. The molecule has 0 bridgehead atoms. The van der Waals surface area contributed by atoms with Crippen LogP contribution in [0.25, 0.3) is 0 Å². The number of para-hydroxylation sites is 2. The first-order valence-corrected chi connectivity index (χ1v) is 7.95. The Labute approximate surface area is 152 Å². The summed E-state index contributed by atoms with van der Waals surface area (Å²) in [6.45, 7) is 3.71. The first-order valence-electron chi connectivity index (χ1n) is 7.95. The summed E-state index contributed by atoms with van der Waals surface area (Å²) >= 11 is 0. The summed E-state index contributed by atoms with van der Waals surface area (Å²) in [5.41, 5.74) is -0.00142. The van der Waals surface area contributed by atoms with Gasteiger partial charge in [0.05, 0.1) is 11.0 Å². The van der Waals surface area contributed by atoms with Crippen LogP contribution < -0.4 is 10.1 Å². The zero-order valence-electron chi connectivity index (χ0n) is 14.0. The minimum Gasteiger partial charge on any atom is -0.485 e. The maximum absolute atomic E-state index is 11.0. The molecule has 8 nitrogen and oxygen atoms in total. The number of nitro groups is 1. The van der Waals surface area contributed by atoms with Gasteiger partial charge in [-0.2, -0.15) is 0 Å². The molecule has 0 spiro atoms. The second-order valence-corrected chi connectivity index (χ2v) is 5.73. The van der Waals surface area contributed by atoms with E-state index >= 15 is 0 Å². The molecule has 2 heterocycles. The van der Waals surface area contributed by atoms with Crippen molar-refractivity contribution in [1.82, 2.24) is 19.8 Å². The van der Waals surface area contributed by atoms with Gasteiger partial charge in [0.1, 0.15) is 12.4 Å². The summed E-state index contributed by atoms with van der Waals surface area (Å²) in [4.78, 5) is 17.4. The van der Waals surface area contributed by atoms with E-state index in [1.54, 1.807) is 24.4 Å². The van der Waals surface area contributed by atoms with Crippen molar-refractivity contribution in [1.29, 1.82) is 0 Å². The van der Waals surface area contributed by atoms with Crippen molar-refractivity contribution >= 4 is 18.1 Å². The summed E-state index contributed by atoms with van der Waals surface area (Å²) in [6.07, 6.45) is 3.73. The van der Waals surface area contributed by atoms with Gasteiger partial charge in [-0.05, 0) is 6.07 Å². The van der Waals surface area contributed by atoms with Crippen molar-refractivity contribution in [3.05, 3.63) is 52.6 Å². The minimum atomic E-state index is -0.420. The third-order valence-corrected chi connectivity index (χ3v) is 4.21. The first-order chi connectivity index (χ1) is 11.7. The number of hydrogen-bond donors (Lipinski definition) is 1. The number of nitro benzene ring substituents is 1. The van der Waals surface area contributed by atoms with E-state index in [0.717, 1.165) is 25.5 Å². The molecule has 0 saturated carbocycles. The highest BCUT2D eigenvalue weighted by Gasteiger charge is 2.26. The van der Waals surface area contributed by atoms with Crippen LogP contribution in [-0.2, 0) is 7.05 Å². The molecule has 0 amide bonds. The van der Waals surface area contributed by atoms with E-state index in [0.29, 0.717) is 18.9 Å². The fourth-order valence-electron chi connectivity index (χ4n) is 2.97. The lowest BCUT2D eigenvalue weighted by Gasteiger charge is -2.35. The lowest BCUT2D eigenvalue weighted by Crippen LogP contribution is -2.48. The van der Waals surface area contributed by atoms with Crippen LogP contribution >= 0.6 is 12.4 Å². The molecule has 25 heavy (non-hydrogen) atoms. The second-order valence-electron chi connectivity index (χ2n) is 5.73. The van der Waals surface area contributed by atoms with Gasteiger partial charge < -0.3 is 14.6 Å². The van der Waals surface area contributed by atoms with Crippen molar-refractivity contribution in [3.8, 4) is 5.75 Å². The lowest BCUT2D eigenvalue weighted by atomic mass is 10.2. The number of rotatable bonds is 6. The van der Waals surface area contributed by atoms with Crippen LogP contribution in [0.4, 0.5) is 5.69 Å². The van der Waals surface area contributed by atoms with Crippen LogP contribution in [0.15, 0.2) is 36.7 Å². The molecule has 1 fully saturated rings. The summed E-state index contributed by atoms with van der Waals surface area (Å²) < 4.78 is 7.69. The highest BCUT2D eigenvalue weighted by molar-refractivity contribution is 5.85. The Morgan fingerprint density at radius 2 is 2.24 bits per heavy atom. The molecular formula is C16H22ClN5O3. The van der Waals surface area contributed by atoms with E-state index in [4.69, 9.17) is 4.74 Å². The first kappa shape index (κ1) is 19.2. The Hall–Kier alpha value is -2.16. The highest BCUT2D eigenvalue weighted by Crippen LogP contribution is 2.26. The van der Waals surface area contributed by atoms with Gasteiger partial charge in [-0.15, -0.1) is 12.4 Å². The van der Waals surface area contributed by atoms with Gasteiger partial charge in [0.25, 0.3) is 0 Å². The Balaban J connectivity index is 0.00000225. The van der Waals surface area contributed by atoms with Crippen LogP contribution in [0.3, 0.4) is 0 Å². The number of nitrogens with one attached hydrogen (secondary N) is 1. The number of nitrogens with zero attached hydrogens (tertiary/aromatic N) is 4. The summed E-state index contributed by atoms with van der Waals surface area (Å²) in [5.74, 6) is 1.32. The van der Waals surface area contributed by atoms with Gasteiger partial charge >= 0.3 is 5.69 Å². The molecule has 1 aliphatic heterocycles. The smallest absolute Gasteiger partial charge is 0.310 e. The molecule has 3 rings (SSSR count). The van der Waals surface area contributed by atoms with Crippen LogP contribution in [0, 0.1) is 10.1 Å². The zero-order chi connectivity index (χ0) is 16.9. The predicted octanol–water partition coefficient (Wildman–Crippen LogP) is 1.78. The average molecular weight is 368 g/mol. The zero-order valence-corrected chi connectivity index (χ0v) is 14.8. The molecular weight excluding hydrogens is 346 g/mol. The van der Waals surface area contributed by atoms with E-state index in [-0.39, 0.29) is 24.1 Å². The van der Waals surface area contributed by atoms with E-state index in [1.165, 1.54) is 6.07 Å². The predicted molar refractivity (Wildman–Crippen MR) is 96.2 cm³/mol. The second kappa shape index (κ2) is 8.80. The van der Waals surface area contributed by atoms with Gasteiger partial charge in [0.2, 0.25) is 0 Å². The van der Waals surface area contributed by atoms with Crippen LogP contribution in [0.5, 0.6) is 5.75 Å². The third kappa shape index (κ3) is 4.47. The topological polar surface area (TPSA) is 85.5 Å². The quantitative estimate of drug-likeness (QED) is 0.618. The van der Waals surface area contributed by atoms with Gasteiger partial charge in [0.15, 0.2) is 5.75 Å². The molecule has 0 radical (unpaired) electrons. The van der Waals surface area contributed by atoms with E-state index in [2.05, 4.69) is 15.2 Å². The number of benzene rings is 1. The monoisotopic (exact) mass is 367 g/mol. The molecule has 1 aromatic carbocycles. The molecule has 9 heteroatoms. The summed E-state index contributed by atoms with van der Waals surface area (Å²) in [5, 5.41) is 14.4. The Morgan fingerprint density at radius 3 is 2.96 bits per heavy atom. The lowest BCUT2D eigenvalue weighted by molar-refractivity contribution is -0.385. The van der Waals surface area contributed by atoms with Crippen molar-refractivity contribution in [3.63, 3.8) is 0 Å². The third-order valence-electron chi connectivity index (χ3n) is 4.21. The standard InChI is InChI=1S/C16H21N5O3.ClH/c1-19-8-7-18-16(19)14-12-17-6-9-20(14)10-11-24-15-5-3-2-4-13(15)21(22)23;/h2-5,7-8,14,17H,6,9-12H2,1H3;1H. The van der Waals surface area contributed by atoms with Crippen molar-refractivity contribution in [2.24, 2.45) is 7.05 Å². The Bertz CT molecular complexity index is 709. The number of halogens is 1. The molecule has 0 aliphatic carbocycles. The maximum Gasteiger partial charge on any atom is 0.310 e. The molecule has 1 unspecified atom stereocenters. The molecule has 136 valence electrons. The molecule has 1 atom stereocenters.